The molecule has 0 fully saturated rings. The van der Waals surface area contributed by atoms with Crippen LogP contribution < -0.4 is 0 Å². The molecule has 23 heavy (non-hydrogen) atoms. The van der Waals surface area contributed by atoms with E-state index in [1.165, 1.54) is 6.08 Å². The number of benzene rings is 2. The zero-order valence-corrected chi connectivity index (χ0v) is 13.4. The molecule has 0 bridgehead atoms. The van der Waals surface area contributed by atoms with Gasteiger partial charge in [-0.25, -0.2) is 12.8 Å². The van der Waals surface area contributed by atoms with E-state index in [1.54, 1.807) is 32.0 Å². The van der Waals surface area contributed by atoms with E-state index in [4.69, 9.17) is 0 Å². The Balaban J connectivity index is 2.55. The van der Waals surface area contributed by atoms with Crippen molar-refractivity contribution in [2.24, 2.45) is 0 Å². The number of rotatable bonds is 3. The van der Waals surface area contributed by atoms with E-state index >= 15 is 0 Å². The second-order valence-electron chi connectivity index (χ2n) is 5.08. The van der Waals surface area contributed by atoms with Gasteiger partial charge in [0.25, 0.3) is 0 Å². The van der Waals surface area contributed by atoms with E-state index in [0.717, 1.165) is 24.3 Å². The van der Waals surface area contributed by atoms with Gasteiger partial charge in [0.05, 0.1) is 4.90 Å². The van der Waals surface area contributed by atoms with Gasteiger partial charge in [-0.15, -0.1) is 0 Å². The molecule has 2 aromatic carbocycles. The molecule has 0 heterocycles. The predicted molar refractivity (Wildman–Crippen MR) is 84.8 cm³/mol. The molecule has 0 aliphatic carbocycles. The summed E-state index contributed by atoms with van der Waals surface area (Å²) in [7, 11) is -4.03. The molecule has 1 N–H and O–H groups in total. The van der Waals surface area contributed by atoms with Crippen LogP contribution in [0.25, 0.3) is 6.08 Å². The van der Waals surface area contributed by atoms with Crippen LogP contribution in [-0.2, 0) is 9.84 Å². The molecule has 6 heteroatoms. The minimum atomic E-state index is -4.03. The smallest absolute Gasteiger partial charge is 0.216 e. The van der Waals surface area contributed by atoms with Crippen LogP contribution in [0.5, 0.6) is 5.75 Å². The topological polar surface area (TPSA) is 78.2 Å². The first-order chi connectivity index (χ1) is 10.8. The average molecular weight is 331 g/mol. The van der Waals surface area contributed by atoms with Crippen LogP contribution in [-0.4, -0.2) is 13.5 Å². The largest absolute Gasteiger partial charge is 0.507 e. The number of aromatic hydroxyl groups is 1. The normalized spacial score (nSPS) is 12.0. The maximum atomic E-state index is 12.9. The Morgan fingerprint density at radius 2 is 1.70 bits per heavy atom. The number of nitrogens with zero attached hydrogens (tertiary/aromatic N) is 1. The van der Waals surface area contributed by atoms with Gasteiger partial charge in [0.2, 0.25) is 9.84 Å². The third kappa shape index (κ3) is 3.41. The van der Waals surface area contributed by atoms with Crippen molar-refractivity contribution < 1.29 is 17.9 Å². The number of nitriles is 1. The molecule has 0 amide bonds. The average Bonchev–Trinajstić information content (AvgIpc) is 2.50. The summed E-state index contributed by atoms with van der Waals surface area (Å²) in [6.07, 6.45) is 1.23. The fourth-order valence-corrected chi connectivity index (χ4v) is 3.29. The summed E-state index contributed by atoms with van der Waals surface area (Å²) >= 11 is 0. The van der Waals surface area contributed by atoms with Gasteiger partial charge in [-0.2, -0.15) is 5.26 Å². The van der Waals surface area contributed by atoms with Crippen LogP contribution in [0.4, 0.5) is 4.39 Å². The molecule has 2 rings (SSSR count). The Morgan fingerprint density at radius 3 is 2.17 bits per heavy atom. The van der Waals surface area contributed by atoms with Crippen molar-refractivity contribution in [3.8, 4) is 11.8 Å². The van der Waals surface area contributed by atoms with Crippen molar-refractivity contribution in [3.63, 3.8) is 0 Å². The molecule has 0 radical (unpaired) electrons. The molecule has 0 aromatic heterocycles. The summed E-state index contributed by atoms with van der Waals surface area (Å²) in [5.41, 5.74) is 1.64. The zero-order valence-electron chi connectivity index (χ0n) is 12.5. The third-order valence-electron chi connectivity index (χ3n) is 3.33. The van der Waals surface area contributed by atoms with E-state index in [2.05, 4.69) is 0 Å². The van der Waals surface area contributed by atoms with E-state index in [9.17, 15) is 23.2 Å². The highest BCUT2D eigenvalue weighted by molar-refractivity contribution is 7.95. The van der Waals surface area contributed by atoms with Crippen LogP contribution >= 0.6 is 0 Å². The first-order valence-electron chi connectivity index (χ1n) is 6.68. The zero-order chi connectivity index (χ0) is 17.2. The number of hydrogen-bond acceptors (Lipinski definition) is 4. The predicted octanol–water partition coefficient (Wildman–Crippen LogP) is 3.49. The van der Waals surface area contributed by atoms with Gasteiger partial charge in [0.15, 0.2) is 0 Å². The summed E-state index contributed by atoms with van der Waals surface area (Å²) in [4.78, 5) is -0.604. The molecule has 0 saturated heterocycles. The van der Waals surface area contributed by atoms with Crippen LogP contribution in [0.3, 0.4) is 0 Å². The van der Waals surface area contributed by atoms with Crippen LogP contribution in [0.15, 0.2) is 46.2 Å². The number of hydrogen-bond donors (Lipinski definition) is 1. The minimum Gasteiger partial charge on any atom is -0.507 e. The number of sulfone groups is 1. The van der Waals surface area contributed by atoms with Crippen LogP contribution in [0.1, 0.15) is 16.7 Å². The Morgan fingerprint density at radius 1 is 1.17 bits per heavy atom. The second-order valence-corrected chi connectivity index (χ2v) is 7.00. The lowest BCUT2D eigenvalue weighted by Gasteiger charge is -2.06. The minimum absolute atomic E-state index is 0.127. The van der Waals surface area contributed by atoms with Crippen molar-refractivity contribution in [3.05, 3.63) is 63.8 Å². The molecule has 0 saturated carbocycles. The van der Waals surface area contributed by atoms with Crippen LogP contribution in [0, 0.1) is 31.0 Å². The number of phenols is 1. The van der Waals surface area contributed by atoms with E-state index < -0.39 is 20.6 Å². The van der Waals surface area contributed by atoms with E-state index in [0.29, 0.717) is 16.7 Å². The molecule has 2 aromatic rings. The van der Waals surface area contributed by atoms with Crippen molar-refractivity contribution in [2.45, 2.75) is 18.7 Å². The fourth-order valence-electron chi connectivity index (χ4n) is 2.13. The second kappa shape index (κ2) is 6.23. The van der Waals surface area contributed by atoms with E-state index in [-0.39, 0.29) is 10.6 Å². The molecule has 0 aliphatic heterocycles. The Hall–Kier alpha value is -2.65. The van der Waals surface area contributed by atoms with Gasteiger partial charge in [0.1, 0.15) is 22.5 Å². The SMILES string of the molecule is Cc1cc(C=C(C#N)S(=O)(=O)c2ccc(F)cc2)cc(C)c1O. The molecule has 0 atom stereocenters. The number of halogens is 1. The molecular weight excluding hydrogens is 317 g/mol. The highest BCUT2D eigenvalue weighted by Crippen LogP contribution is 2.26. The van der Waals surface area contributed by atoms with Gasteiger partial charge in [0, 0.05) is 0 Å². The van der Waals surface area contributed by atoms with E-state index in [1.807, 2.05) is 0 Å². The number of aryl methyl sites for hydroxylation is 2. The highest BCUT2D eigenvalue weighted by atomic mass is 32.2. The lowest BCUT2D eigenvalue weighted by molar-refractivity contribution is 0.467. The van der Waals surface area contributed by atoms with Gasteiger partial charge in [-0.1, -0.05) is 0 Å². The summed E-state index contributed by atoms with van der Waals surface area (Å²) < 4.78 is 37.8. The Labute approximate surface area is 134 Å². The monoisotopic (exact) mass is 331 g/mol. The van der Waals surface area contributed by atoms with Crippen molar-refractivity contribution in [1.29, 1.82) is 5.26 Å². The fraction of sp³-hybridized carbons (Fsp3) is 0.118. The molecule has 0 unspecified atom stereocenters. The van der Waals surface area contributed by atoms with Gasteiger partial charge >= 0.3 is 0 Å². The molecule has 0 spiro atoms. The third-order valence-corrected chi connectivity index (χ3v) is 5.02. The molecular formula is C17H14FNO3S. The summed E-state index contributed by atoms with van der Waals surface area (Å²) in [6, 6.07) is 9.12. The van der Waals surface area contributed by atoms with Gasteiger partial charge in [-0.3, -0.25) is 0 Å². The van der Waals surface area contributed by atoms with Crippen LogP contribution in [0.2, 0.25) is 0 Å². The summed E-state index contributed by atoms with van der Waals surface area (Å²) in [5, 5.41) is 19.0. The van der Waals surface area contributed by atoms with Crippen molar-refractivity contribution in [1.82, 2.24) is 0 Å². The molecule has 118 valence electrons. The highest BCUT2D eigenvalue weighted by Gasteiger charge is 2.21. The standard InChI is InChI=1S/C17H14FNO3S/c1-11-7-13(8-12(2)17(11)20)9-16(10-19)23(21,22)15-5-3-14(18)4-6-15/h3-9,20H,1-2H3. The first-order valence-corrected chi connectivity index (χ1v) is 8.16. The number of allylic oxidation sites excluding steroid dienone is 1. The maximum Gasteiger partial charge on any atom is 0.216 e. The Kier molecular flexibility index (Phi) is 4.52. The maximum absolute atomic E-state index is 12.9. The summed E-state index contributed by atoms with van der Waals surface area (Å²) in [5.74, 6) is -0.432. The quantitative estimate of drug-likeness (QED) is 0.690. The van der Waals surface area contributed by atoms with Gasteiger partial charge < -0.3 is 5.11 Å². The van der Waals surface area contributed by atoms with Crippen molar-refractivity contribution in [2.75, 3.05) is 0 Å². The summed E-state index contributed by atoms with van der Waals surface area (Å²) in [6.45, 7) is 3.36. The Bertz CT molecular complexity index is 900. The van der Waals surface area contributed by atoms with Crippen molar-refractivity contribution >= 4 is 15.9 Å². The first kappa shape index (κ1) is 16.7. The molecule has 0 aliphatic rings. The lowest BCUT2D eigenvalue weighted by atomic mass is 10.1. The lowest BCUT2D eigenvalue weighted by Crippen LogP contribution is -2.03. The number of phenolic OH excluding ortho intramolecular Hbond substituents is 1. The van der Waals surface area contributed by atoms with Gasteiger partial charge in [-0.05, 0) is 73.0 Å². The molecule has 4 nitrogen and oxygen atoms in total.